The Bertz CT molecular complexity index is 609. The molecule has 0 bridgehead atoms. The first-order valence-electron chi connectivity index (χ1n) is 9.11. The first-order valence-corrected chi connectivity index (χ1v) is 9.49. The minimum absolute atomic E-state index is 0.538. The van der Waals surface area contributed by atoms with Gasteiger partial charge in [-0.05, 0) is 51.5 Å². The van der Waals surface area contributed by atoms with Crippen LogP contribution < -0.4 is 0 Å². The highest BCUT2D eigenvalue weighted by Gasteiger charge is 2.33. The Morgan fingerprint density at radius 1 is 1.16 bits per heavy atom. The maximum Gasteiger partial charge on any atom is 0.325 e. The van der Waals surface area contributed by atoms with Crippen LogP contribution >= 0.6 is 11.6 Å². The van der Waals surface area contributed by atoms with E-state index in [1.807, 2.05) is 19.1 Å². The lowest BCUT2D eigenvalue weighted by Gasteiger charge is -2.43. The molecule has 3 rings (SSSR count). The summed E-state index contributed by atoms with van der Waals surface area (Å²) in [4.78, 5) is 19.0. The molecule has 2 heterocycles. The van der Waals surface area contributed by atoms with Gasteiger partial charge in [-0.15, -0.1) is 0 Å². The van der Waals surface area contributed by atoms with Crippen molar-refractivity contribution in [1.82, 2.24) is 14.7 Å². The topological polar surface area (TPSA) is 47.0 Å². The number of nitrogens with zero attached hydrogens (tertiary/aromatic N) is 3. The van der Waals surface area contributed by atoms with Gasteiger partial charge in [-0.1, -0.05) is 29.3 Å². The zero-order valence-electron chi connectivity index (χ0n) is 15.1. The van der Waals surface area contributed by atoms with Crippen molar-refractivity contribution in [3.63, 3.8) is 0 Å². The molecule has 2 aliphatic heterocycles. The zero-order valence-corrected chi connectivity index (χ0v) is 15.9. The van der Waals surface area contributed by atoms with Crippen LogP contribution in [0.5, 0.6) is 0 Å². The molecule has 0 radical (unpaired) electrons. The quantitative estimate of drug-likeness (QED) is 0.888. The lowest BCUT2D eigenvalue weighted by Crippen LogP contribution is -2.54. The van der Waals surface area contributed by atoms with Crippen LogP contribution in [0.4, 0.5) is 0 Å². The lowest BCUT2D eigenvalue weighted by molar-refractivity contribution is -0.144. The van der Waals surface area contributed by atoms with Crippen LogP contribution in [0.25, 0.3) is 0 Å². The number of aliphatic carboxylic acids is 1. The molecule has 1 unspecified atom stereocenters. The fourth-order valence-electron chi connectivity index (χ4n) is 4.08. The Hall–Kier alpha value is -1.14. The van der Waals surface area contributed by atoms with Gasteiger partial charge in [-0.2, -0.15) is 0 Å². The van der Waals surface area contributed by atoms with E-state index < -0.39 is 12.0 Å². The summed E-state index contributed by atoms with van der Waals surface area (Å²) in [6, 6.07) is 5.61. The summed E-state index contributed by atoms with van der Waals surface area (Å²) in [6.45, 7) is 7.68. The third-order valence-corrected chi connectivity index (χ3v) is 5.94. The predicted octanol–water partition coefficient (Wildman–Crippen LogP) is 2.49. The van der Waals surface area contributed by atoms with Gasteiger partial charge in [0.05, 0.1) is 0 Å². The van der Waals surface area contributed by atoms with Crippen molar-refractivity contribution in [3.05, 3.63) is 34.3 Å². The zero-order chi connectivity index (χ0) is 18.0. The molecule has 138 valence electrons. The second-order valence-electron chi connectivity index (χ2n) is 7.37. The van der Waals surface area contributed by atoms with E-state index in [0.717, 1.165) is 44.8 Å². The van der Waals surface area contributed by atoms with Crippen molar-refractivity contribution in [3.8, 4) is 0 Å². The van der Waals surface area contributed by atoms with E-state index in [2.05, 4.69) is 21.7 Å². The molecule has 1 N–H and O–H groups in total. The van der Waals surface area contributed by atoms with Gasteiger partial charge >= 0.3 is 5.97 Å². The van der Waals surface area contributed by atoms with Crippen LogP contribution in [0, 0.1) is 6.92 Å². The van der Waals surface area contributed by atoms with Crippen molar-refractivity contribution in [1.29, 1.82) is 0 Å². The van der Waals surface area contributed by atoms with E-state index in [4.69, 9.17) is 11.6 Å². The monoisotopic (exact) mass is 365 g/mol. The largest absolute Gasteiger partial charge is 0.480 e. The number of likely N-dealkylation sites (tertiary alicyclic amines) is 1. The van der Waals surface area contributed by atoms with Gasteiger partial charge in [0.1, 0.15) is 6.04 Å². The van der Waals surface area contributed by atoms with Crippen LogP contribution in [0.1, 0.15) is 30.0 Å². The number of hydrogen-bond donors (Lipinski definition) is 1. The van der Waals surface area contributed by atoms with Crippen molar-refractivity contribution < 1.29 is 9.90 Å². The average molecular weight is 366 g/mol. The van der Waals surface area contributed by atoms with Gasteiger partial charge in [0, 0.05) is 37.2 Å². The Morgan fingerprint density at radius 2 is 1.80 bits per heavy atom. The molecular weight excluding hydrogens is 338 g/mol. The first kappa shape index (κ1) is 18.6. The van der Waals surface area contributed by atoms with Crippen molar-refractivity contribution in [2.24, 2.45) is 0 Å². The lowest BCUT2D eigenvalue weighted by atomic mass is 10.00. The third-order valence-electron chi connectivity index (χ3n) is 5.60. The van der Waals surface area contributed by atoms with Crippen molar-refractivity contribution in [2.75, 3.05) is 46.3 Å². The van der Waals surface area contributed by atoms with Gasteiger partial charge in [-0.25, -0.2) is 0 Å². The number of hydrogen-bond acceptors (Lipinski definition) is 4. The maximum absolute atomic E-state index is 12.0. The molecule has 2 saturated heterocycles. The van der Waals surface area contributed by atoms with Gasteiger partial charge in [0.2, 0.25) is 0 Å². The smallest absolute Gasteiger partial charge is 0.325 e. The van der Waals surface area contributed by atoms with Crippen molar-refractivity contribution >= 4 is 17.6 Å². The summed E-state index contributed by atoms with van der Waals surface area (Å²) in [5.41, 5.74) is 1.75. The molecule has 0 amide bonds. The molecule has 1 aromatic carbocycles. The summed E-state index contributed by atoms with van der Waals surface area (Å²) in [7, 11) is 2.18. The molecule has 0 saturated carbocycles. The molecule has 1 atom stereocenters. The number of piperidine rings is 1. The van der Waals surface area contributed by atoms with Gasteiger partial charge in [0.15, 0.2) is 0 Å². The van der Waals surface area contributed by atoms with Crippen LogP contribution in [-0.2, 0) is 4.79 Å². The molecule has 2 fully saturated rings. The number of carboxylic acids is 1. The Labute approximate surface area is 155 Å². The predicted molar refractivity (Wildman–Crippen MR) is 100 cm³/mol. The Morgan fingerprint density at radius 3 is 2.40 bits per heavy atom. The molecule has 25 heavy (non-hydrogen) atoms. The summed E-state index contributed by atoms with van der Waals surface area (Å²) in [6.07, 6.45) is 2.42. The molecule has 1 aromatic rings. The van der Waals surface area contributed by atoms with Gasteiger partial charge in [-0.3, -0.25) is 14.6 Å². The van der Waals surface area contributed by atoms with E-state index in [9.17, 15) is 9.90 Å². The number of piperazine rings is 1. The van der Waals surface area contributed by atoms with E-state index in [1.165, 1.54) is 12.8 Å². The molecule has 2 aliphatic rings. The summed E-state index contributed by atoms with van der Waals surface area (Å²) in [5, 5.41) is 10.4. The first-order chi connectivity index (χ1) is 12.0. The van der Waals surface area contributed by atoms with Crippen LogP contribution in [-0.4, -0.2) is 78.1 Å². The Balaban J connectivity index is 1.67. The van der Waals surface area contributed by atoms with E-state index in [-0.39, 0.29) is 0 Å². The summed E-state index contributed by atoms with van der Waals surface area (Å²) >= 11 is 6.31. The third kappa shape index (κ3) is 4.34. The number of halogens is 1. The Kier molecular flexibility index (Phi) is 6.00. The highest BCUT2D eigenvalue weighted by molar-refractivity contribution is 6.31. The number of benzene rings is 1. The second kappa shape index (κ2) is 8.04. The molecule has 6 heteroatoms. The second-order valence-corrected chi connectivity index (χ2v) is 7.78. The highest BCUT2D eigenvalue weighted by atomic mass is 35.5. The normalized spacial score (nSPS) is 22.8. The summed E-state index contributed by atoms with van der Waals surface area (Å²) in [5.74, 6) is -0.819. The van der Waals surface area contributed by atoms with E-state index in [1.54, 1.807) is 6.07 Å². The average Bonchev–Trinajstić information content (AvgIpc) is 2.59. The van der Waals surface area contributed by atoms with Crippen LogP contribution in [0.3, 0.4) is 0 Å². The molecule has 0 spiro atoms. The molecule has 0 aliphatic carbocycles. The maximum atomic E-state index is 12.0. The van der Waals surface area contributed by atoms with Crippen LogP contribution in [0.2, 0.25) is 5.02 Å². The van der Waals surface area contributed by atoms with Gasteiger partial charge < -0.3 is 10.0 Å². The molecule has 5 nitrogen and oxygen atoms in total. The number of carboxylic acid groups (broad SMARTS) is 1. The SMILES string of the molecule is Cc1ccc(Cl)c(C(C(=O)O)N2CCN(C3CCN(C)CC3)CC2)c1. The number of aryl methyl sites for hydroxylation is 1. The van der Waals surface area contributed by atoms with Gasteiger partial charge in [0.25, 0.3) is 0 Å². The standard InChI is InChI=1S/C19H28ClN3O2/c1-14-3-4-17(20)16(13-14)18(19(24)25)23-11-9-22(10-12-23)15-5-7-21(2)8-6-15/h3-4,13,15,18H,5-12H2,1-2H3,(H,24,25). The molecular formula is C19H28ClN3O2. The van der Waals surface area contributed by atoms with Crippen molar-refractivity contribution in [2.45, 2.75) is 31.8 Å². The molecule has 0 aromatic heterocycles. The highest BCUT2D eigenvalue weighted by Crippen LogP contribution is 2.30. The fraction of sp³-hybridized carbons (Fsp3) is 0.632. The number of carbonyl (C=O) groups is 1. The minimum Gasteiger partial charge on any atom is -0.480 e. The summed E-state index contributed by atoms with van der Waals surface area (Å²) < 4.78 is 0. The fourth-order valence-corrected chi connectivity index (χ4v) is 4.30. The van der Waals surface area contributed by atoms with Crippen LogP contribution in [0.15, 0.2) is 18.2 Å². The number of rotatable bonds is 4. The van der Waals surface area contributed by atoms with E-state index in [0.29, 0.717) is 16.6 Å². The van der Waals surface area contributed by atoms with E-state index >= 15 is 0 Å². The minimum atomic E-state index is -0.819.